The smallest absolute Gasteiger partial charge is 0.0940 e. The van der Waals surface area contributed by atoms with Gasteiger partial charge in [0.15, 0.2) is 0 Å². The molecule has 0 aliphatic heterocycles. The minimum absolute atomic E-state index is 0.409. The van der Waals surface area contributed by atoms with Gasteiger partial charge in [-0.05, 0) is 19.8 Å². The van der Waals surface area contributed by atoms with Crippen LogP contribution in [0.1, 0.15) is 46.5 Å². The molecule has 11 heavy (non-hydrogen) atoms. The van der Waals surface area contributed by atoms with E-state index < -0.39 is 0 Å². The van der Waals surface area contributed by atoms with Crippen molar-refractivity contribution in [1.82, 2.24) is 0 Å². The molecular formula is C9H20N2. The highest BCUT2D eigenvalue weighted by molar-refractivity contribution is 5.80. The first-order chi connectivity index (χ1) is 5.20. The summed E-state index contributed by atoms with van der Waals surface area (Å²) in [7, 11) is 0. The molecule has 0 bridgehead atoms. The highest BCUT2D eigenvalue weighted by Gasteiger charge is 1.97. The summed E-state index contributed by atoms with van der Waals surface area (Å²) in [6.45, 7) is 6.40. The maximum atomic E-state index is 5.67. The van der Waals surface area contributed by atoms with E-state index in [4.69, 9.17) is 5.73 Å². The summed E-state index contributed by atoms with van der Waals surface area (Å²) in [5.41, 5.74) is 5.67. The molecule has 0 aromatic rings. The minimum Gasteiger partial charge on any atom is -0.387 e. The second kappa shape index (κ2) is 6.20. The van der Waals surface area contributed by atoms with Crippen LogP contribution >= 0.6 is 0 Å². The average molecular weight is 156 g/mol. The Morgan fingerprint density at radius 3 is 2.45 bits per heavy atom. The van der Waals surface area contributed by atoms with Crippen LogP contribution in [0.2, 0.25) is 0 Å². The lowest BCUT2D eigenvalue weighted by Crippen LogP contribution is -2.14. The molecule has 1 unspecified atom stereocenters. The summed E-state index contributed by atoms with van der Waals surface area (Å²) >= 11 is 0. The number of rotatable bonds is 5. The Balaban J connectivity index is 3.66. The molecule has 0 aliphatic rings. The maximum absolute atomic E-state index is 5.67. The van der Waals surface area contributed by atoms with Gasteiger partial charge in [-0.2, -0.15) is 0 Å². The zero-order valence-electron chi connectivity index (χ0n) is 7.93. The van der Waals surface area contributed by atoms with Gasteiger partial charge in [0.05, 0.1) is 5.84 Å². The van der Waals surface area contributed by atoms with Crippen molar-refractivity contribution < 1.29 is 0 Å². The number of aliphatic imine (C=N–C) groups is 1. The highest BCUT2D eigenvalue weighted by atomic mass is 14.9. The highest BCUT2D eigenvalue weighted by Crippen LogP contribution is 2.00. The van der Waals surface area contributed by atoms with E-state index in [-0.39, 0.29) is 0 Å². The normalized spacial score (nSPS) is 15.0. The van der Waals surface area contributed by atoms with Crippen molar-refractivity contribution in [2.75, 3.05) is 0 Å². The molecule has 0 aromatic heterocycles. The topological polar surface area (TPSA) is 38.4 Å². The van der Waals surface area contributed by atoms with Gasteiger partial charge >= 0.3 is 0 Å². The lowest BCUT2D eigenvalue weighted by Gasteiger charge is -2.05. The van der Waals surface area contributed by atoms with Gasteiger partial charge in [0.1, 0.15) is 0 Å². The predicted molar refractivity (Wildman–Crippen MR) is 50.9 cm³/mol. The van der Waals surface area contributed by atoms with Gasteiger partial charge in [0, 0.05) is 12.5 Å². The van der Waals surface area contributed by atoms with Gasteiger partial charge in [-0.1, -0.05) is 20.3 Å². The molecule has 0 spiro atoms. The molecule has 0 amide bonds. The molecule has 0 fully saturated rings. The zero-order valence-corrected chi connectivity index (χ0v) is 7.93. The number of nitrogens with two attached hydrogens (primary N) is 1. The van der Waals surface area contributed by atoms with E-state index in [1.807, 2.05) is 0 Å². The fourth-order valence-corrected chi connectivity index (χ4v) is 1.09. The summed E-state index contributed by atoms with van der Waals surface area (Å²) in [6.07, 6.45) is 4.36. The second-order valence-electron chi connectivity index (χ2n) is 3.01. The Morgan fingerprint density at radius 1 is 1.36 bits per heavy atom. The largest absolute Gasteiger partial charge is 0.387 e. The zero-order chi connectivity index (χ0) is 8.69. The van der Waals surface area contributed by atoms with Crippen molar-refractivity contribution in [1.29, 1.82) is 0 Å². The monoisotopic (exact) mass is 156 g/mol. The summed E-state index contributed by atoms with van der Waals surface area (Å²) in [5.74, 6) is 0.813. The van der Waals surface area contributed by atoms with Crippen LogP contribution < -0.4 is 5.73 Å². The number of hydrogen-bond donors (Lipinski definition) is 1. The molecule has 0 saturated carbocycles. The fraction of sp³-hybridized carbons (Fsp3) is 0.889. The second-order valence-corrected chi connectivity index (χ2v) is 3.01. The van der Waals surface area contributed by atoms with Crippen LogP contribution in [0.15, 0.2) is 4.99 Å². The third kappa shape index (κ3) is 5.89. The SMILES string of the molecule is CCCC(N)=NC(C)CCC. The van der Waals surface area contributed by atoms with Gasteiger partial charge in [-0.15, -0.1) is 0 Å². The lowest BCUT2D eigenvalue weighted by molar-refractivity contribution is 0.651. The molecule has 2 heteroatoms. The third-order valence-electron chi connectivity index (χ3n) is 1.60. The first-order valence-electron chi connectivity index (χ1n) is 4.52. The Morgan fingerprint density at radius 2 is 2.00 bits per heavy atom. The van der Waals surface area contributed by atoms with Gasteiger partial charge in [-0.3, -0.25) is 4.99 Å². The van der Waals surface area contributed by atoms with Crippen molar-refractivity contribution in [3.8, 4) is 0 Å². The summed E-state index contributed by atoms with van der Waals surface area (Å²) in [4.78, 5) is 4.35. The maximum Gasteiger partial charge on any atom is 0.0940 e. The van der Waals surface area contributed by atoms with Crippen LogP contribution in [0, 0.1) is 0 Å². The Hall–Kier alpha value is -0.530. The summed E-state index contributed by atoms with van der Waals surface area (Å²) in [5, 5.41) is 0. The van der Waals surface area contributed by atoms with Crippen LogP contribution in [0.3, 0.4) is 0 Å². The fourth-order valence-electron chi connectivity index (χ4n) is 1.09. The van der Waals surface area contributed by atoms with Gasteiger partial charge < -0.3 is 5.73 Å². The van der Waals surface area contributed by atoms with E-state index in [1.54, 1.807) is 0 Å². The number of hydrogen-bond acceptors (Lipinski definition) is 1. The van der Waals surface area contributed by atoms with E-state index in [9.17, 15) is 0 Å². The number of nitrogens with zero attached hydrogens (tertiary/aromatic N) is 1. The quantitative estimate of drug-likeness (QED) is 0.481. The van der Waals surface area contributed by atoms with Crippen molar-refractivity contribution in [3.63, 3.8) is 0 Å². The van der Waals surface area contributed by atoms with E-state index in [2.05, 4.69) is 25.8 Å². The van der Waals surface area contributed by atoms with Crippen LogP contribution in [0.5, 0.6) is 0 Å². The lowest BCUT2D eigenvalue weighted by atomic mass is 10.2. The molecule has 0 aliphatic carbocycles. The van der Waals surface area contributed by atoms with Crippen molar-refractivity contribution in [2.24, 2.45) is 10.7 Å². The Kier molecular flexibility index (Phi) is 5.90. The molecular weight excluding hydrogens is 136 g/mol. The van der Waals surface area contributed by atoms with Gasteiger partial charge in [0.2, 0.25) is 0 Å². The predicted octanol–water partition coefficient (Wildman–Crippen LogP) is 2.33. The van der Waals surface area contributed by atoms with E-state index in [1.165, 1.54) is 6.42 Å². The Labute approximate surface area is 69.9 Å². The molecule has 1 atom stereocenters. The van der Waals surface area contributed by atoms with Crippen molar-refractivity contribution in [2.45, 2.75) is 52.5 Å². The van der Waals surface area contributed by atoms with Crippen LogP contribution in [0.4, 0.5) is 0 Å². The Bertz CT molecular complexity index is 119. The van der Waals surface area contributed by atoms with Crippen molar-refractivity contribution >= 4 is 5.84 Å². The van der Waals surface area contributed by atoms with Gasteiger partial charge in [0.25, 0.3) is 0 Å². The van der Waals surface area contributed by atoms with Gasteiger partial charge in [-0.25, -0.2) is 0 Å². The molecule has 2 nitrogen and oxygen atoms in total. The minimum atomic E-state index is 0.409. The average Bonchev–Trinajstić information content (AvgIpc) is 1.87. The van der Waals surface area contributed by atoms with E-state index in [0.717, 1.165) is 25.1 Å². The molecule has 0 aromatic carbocycles. The standard InChI is InChI=1S/C9H20N2/c1-4-6-8(3)11-9(10)7-5-2/h8H,4-7H2,1-3H3,(H2,10,11). The summed E-state index contributed by atoms with van der Waals surface area (Å²) in [6, 6.07) is 0.409. The first kappa shape index (κ1) is 10.5. The molecule has 66 valence electrons. The molecule has 0 rings (SSSR count). The van der Waals surface area contributed by atoms with E-state index in [0.29, 0.717) is 6.04 Å². The van der Waals surface area contributed by atoms with Crippen LogP contribution in [-0.2, 0) is 0 Å². The molecule has 0 saturated heterocycles. The number of amidine groups is 1. The van der Waals surface area contributed by atoms with Crippen LogP contribution in [0.25, 0.3) is 0 Å². The van der Waals surface area contributed by atoms with Crippen LogP contribution in [-0.4, -0.2) is 11.9 Å². The van der Waals surface area contributed by atoms with E-state index >= 15 is 0 Å². The third-order valence-corrected chi connectivity index (χ3v) is 1.60. The molecule has 2 N–H and O–H groups in total. The van der Waals surface area contributed by atoms with Crippen molar-refractivity contribution in [3.05, 3.63) is 0 Å². The molecule has 0 radical (unpaired) electrons. The molecule has 0 heterocycles. The summed E-state index contributed by atoms with van der Waals surface area (Å²) < 4.78 is 0. The first-order valence-corrected chi connectivity index (χ1v) is 4.52.